The third-order valence-electron chi connectivity index (χ3n) is 3.68. The van der Waals surface area contributed by atoms with E-state index in [0.717, 1.165) is 5.56 Å². The molecule has 6 nitrogen and oxygen atoms in total. The van der Waals surface area contributed by atoms with Gasteiger partial charge in [0.25, 0.3) is 5.91 Å². The quantitative estimate of drug-likeness (QED) is 0.723. The summed E-state index contributed by atoms with van der Waals surface area (Å²) < 4.78 is 15.5. The molecule has 132 valence electrons. The molecular formula is C19H21NO5. The van der Waals surface area contributed by atoms with E-state index in [1.165, 1.54) is 12.0 Å². The Balaban J connectivity index is 1.94. The number of nitrogens with zero attached hydrogens (tertiary/aromatic N) is 1. The van der Waals surface area contributed by atoms with Gasteiger partial charge in [-0.15, -0.1) is 0 Å². The van der Waals surface area contributed by atoms with Crippen molar-refractivity contribution in [1.29, 1.82) is 0 Å². The molecule has 0 saturated heterocycles. The second-order valence-electron chi connectivity index (χ2n) is 5.34. The van der Waals surface area contributed by atoms with E-state index in [4.69, 9.17) is 14.2 Å². The van der Waals surface area contributed by atoms with Crippen molar-refractivity contribution in [2.24, 2.45) is 0 Å². The van der Waals surface area contributed by atoms with Crippen LogP contribution in [0.25, 0.3) is 0 Å². The summed E-state index contributed by atoms with van der Waals surface area (Å²) >= 11 is 0. The molecule has 0 aromatic heterocycles. The van der Waals surface area contributed by atoms with Gasteiger partial charge in [-0.3, -0.25) is 4.79 Å². The summed E-state index contributed by atoms with van der Waals surface area (Å²) in [4.78, 5) is 25.8. The molecule has 0 aliphatic carbocycles. The van der Waals surface area contributed by atoms with E-state index < -0.39 is 5.97 Å². The van der Waals surface area contributed by atoms with Crippen LogP contribution in [0, 0.1) is 0 Å². The van der Waals surface area contributed by atoms with Crippen LogP contribution in [0.4, 0.5) is 0 Å². The molecule has 25 heavy (non-hydrogen) atoms. The Hall–Kier alpha value is -3.02. The van der Waals surface area contributed by atoms with Crippen LogP contribution in [0.2, 0.25) is 0 Å². The van der Waals surface area contributed by atoms with Crippen molar-refractivity contribution in [2.45, 2.75) is 6.54 Å². The fourth-order valence-corrected chi connectivity index (χ4v) is 2.31. The molecule has 6 heteroatoms. The van der Waals surface area contributed by atoms with E-state index in [2.05, 4.69) is 0 Å². The largest absolute Gasteiger partial charge is 0.496 e. The predicted octanol–water partition coefficient (Wildman–Crippen LogP) is 2.52. The molecule has 2 aromatic rings. The highest BCUT2D eigenvalue weighted by atomic mass is 16.5. The Morgan fingerprint density at radius 3 is 2.20 bits per heavy atom. The van der Waals surface area contributed by atoms with Crippen LogP contribution in [-0.2, 0) is 16.1 Å². The van der Waals surface area contributed by atoms with E-state index in [1.54, 1.807) is 38.4 Å². The lowest BCUT2D eigenvalue weighted by atomic mass is 10.2. The van der Waals surface area contributed by atoms with Crippen molar-refractivity contribution in [3.8, 4) is 11.5 Å². The summed E-state index contributed by atoms with van der Waals surface area (Å²) in [5.74, 6) is 0.195. The lowest BCUT2D eigenvalue weighted by Crippen LogP contribution is -2.31. The van der Waals surface area contributed by atoms with Gasteiger partial charge < -0.3 is 19.1 Å². The first-order chi connectivity index (χ1) is 12.1. The van der Waals surface area contributed by atoms with E-state index in [9.17, 15) is 9.59 Å². The summed E-state index contributed by atoms with van der Waals surface area (Å²) in [6.45, 7) is 0.0115. The molecule has 1 amide bonds. The summed E-state index contributed by atoms with van der Waals surface area (Å²) in [6.07, 6.45) is 0. The molecule has 0 spiro atoms. The molecule has 0 saturated carbocycles. The monoisotopic (exact) mass is 343 g/mol. The van der Waals surface area contributed by atoms with Crippen molar-refractivity contribution < 1.29 is 23.8 Å². The van der Waals surface area contributed by atoms with E-state index in [-0.39, 0.29) is 18.1 Å². The minimum Gasteiger partial charge on any atom is -0.496 e. The first kappa shape index (κ1) is 18.3. The first-order valence-electron chi connectivity index (χ1n) is 7.72. The zero-order chi connectivity index (χ0) is 18.2. The number of likely N-dealkylation sites (N-methyl/N-ethyl adjacent to an activating group) is 1. The van der Waals surface area contributed by atoms with Crippen LogP contribution in [0.5, 0.6) is 11.5 Å². The minimum atomic E-state index is -0.600. The lowest BCUT2D eigenvalue weighted by Gasteiger charge is -2.19. The molecular weight excluding hydrogens is 322 g/mol. The lowest BCUT2D eigenvalue weighted by molar-refractivity contribution is -0.133. The molecule has 2 aromatic carbocycles. The van der Waals surface area contributed by atoms with Gasteiger partial charge in [0.05, 0.1) is 14.2 Å². The highest BCUT2D eigenvalue weighted by Crippen LogP contribution is 2.20. The summed E-state index contributed by atoms with van der Waals surface area (Å²) in [7, 11) is 4.69. The van der Waals surface area contributed by atoms with Gasteiger partial charge in [-0.1, -0.05) is 30.3 Å². The van der Waals surface area contributed by atoms with Crippen molar-refractivity contribution >= 4 is 11.9 Å². The maximum absolute atomic E-state index is 12.2. The molecule has 0 bridgehead atoms. The molecule has 0 atom stereocenters. The second kappa shape index (κ2) is 8.73. The van der Waals surface area contributed by atoms with Crippen LogP contribution in [-0.4, -0.2) is 44.7 Å². The average Bonchev–Trinajstić information content (AvgIpc) is 2.66. The van der Waals surface area contributed by atoms with E-state index >= 15 is 0 Å². The van der Waals surface area contributed by atoms with Gasteiger partial charge in [0.2, 0.25) is 0 Å². The summed E-state index contributed by atoms with van der Waals surface area (Å²) in [6, 6.07) is 14.1. The van der Waals surface area contributed by atoms with Crippen molar-refractivity contribution in [2.75, 3.05) is 27.9 Å². The summed E-state index contributed by atoms with van der Waals surface area (Å²) in [5, 5.41) is 0. The number of amides is 1. The van der Waals surface area contributed by atoms with Crippen molar-refractivity contribution in [1.82, 2.24) is 4.90 Å². The number of benzene rings is 2. The van der Waals surface area contributed by atoms with E-state index in [0.29, 0.717) is 18.0 Å². The molecule has 2 rings (SSSR count). The van der Waals surface area contributed by atoms with Gasteiger partial charge >= 0.3 is 5.97 Å². The Labute approximate surface area is 146 Å². The number of carbonyl (C=O) groups excluding carboxylic acids is 2. The fraction of sp³-hybridized carbons (Fsp3) is 0.263. The van der Waals surface area contributed by atoms with Crippen LogP contribution >= 0.6 is 0 Å². The number of para-hydroxylation sites is 2. The normalized spacial score (nSPS) is 10.0. The van der Waals surface area contributed by atoms with Crippen molar-refractivity contribution in [3.63, 3.8) is 0 Å². The third-order valence-corrected chi connectivity index (χ3v) is 3.68. The maximum atomic E-state index is 12.2. The summed E-state index contributed by atoms with van der Waals surface area (Å²) in [5.41, 5.74) is 1.15. The molecule has 0 radical (unpaired) electrons. The van der Waals surface area contributed by atoms with Gasteiger partial charge in [0.15, 0.2) is 6.61 Å². The van der Waals surface area contributed by atoms with Gasteiger partial charge in [-0.2, -0.15) is 0 Å². The number of hydrogen-bond donors (Lipinski definition) is 0. The SMILES string of the molecule is COc1ccccc1CN(C)C(=O)COC(=O)c1ccccc1OC. The third kappa shape index (κ3) is 4.73. The smallest absolute Gasteiger partial charge is 0.342 e. The number of rotatable bonds is 7. The van der Waals surface area contributed by atoms with Gasteiger partial charge in [-0.05, 0) is 18.2 Å². The average molecular weight is 343 g/mol. The molecule has 0 unspecified atom stereocenters. The van der Waals surface area contributed by atoms with Gasteiger partial charge in [-0.25, -0.2) is 4.79 Å². The Bertz CT molecular complexity index is 744. The standard InChI is InChI=1S/C19H21NO5/c1-20(12-14-8-4-6-10-16(14)23-2)18(21)13-25-19(22)15-9-5-7-11-17(15)24-3/h4-11H,12-13H2,1-3H3. The predicted molar refractivity (Wildman–Crippen MR) is 92.7 cm³/mol. The molecule has 0 fully saturated rings. The molecule has 0 aliphatic heterocycles. The van der Waals surface area contributed by atoms with Crippen LogP contribution in [0.15, 0.2) is 48.5 Å². The number of carbonyl (C=O) groups is 2. The Morgan fingerprint density at radius 1 is 0.920 bits per heavy atom. The second-order valence-corrected chi connectivity index (χ2v) is 5.34. The minimum absolute atomic E-state index is 0.283. The molecule has 0 heterocycles. The highest BCUT2D eigenvalue weighted by Gasteiger charge is 2.17. The number of ether oxygens (including phenoxy) is 3. The van der Waals surface area contributed by atoms with Crippen LogP contribution < -0.4 is 9.47 Å². The Kier molecular flexibility index (Phi) is 6.39. The zero-order valence-corrected chi connectivity index (χ0v) is 14.5. The zero-order valence-electron chi connectivity index (χ0n) is 14.5. The van der Waals surface area contributed by atoms with E-state index in [1.807, 2.05) is 24.3 Å². The van der Waals surface area contributed by atoms with Crippen molar-refractivity contribution in [3.05, 3.63) is 59.7 Å². The number of esters is 1. The fourth-order valence-electron chi connectivity index (χ4n) is 2.31. The first-order valence-corrected chi connectivity index (χ1v) is 7.72. The number of methoxy groups -OCH3 is 2. The van der Waals surface area contributed by atoms with Gasteiger partial charge in [0, 0.05) is 19.2 Å². The topological polar surface area (TPSA) is 65.1 Å². The highest BCUT2D eigenvalue weighted by molar-refractivity contribution is 5.93. The van der Waals surface area contributed by atoms with Gasteiger partial charge in [0.1, 0.15) is 17.1 Å². The molecule has 0 aliphatic rings. The number of hydrogen-bond acceptors (Lipinski definition) is 5. The van der Waals surface area contributed by atoms with Crippen LogP contribution in [0.1, 0.15) is 15.9 Å². The Morgan fingerprint density at radius 2 is 1.52 bits per heavy atom. The maximum Gasteiger partial charge on any atom is 0.342 e. The van der Waals surface area contributed by atoms with Crippen LogP contribution in [0.3, 0.4) is 0 Å². The molecule has 0 N–H and O–H groups in total.